The first-order valence-corrected chi connectivity index (χ1v) is 8.35. The average Bonchev–Trinajstić information content (AvgIpc) is 2.25. The Morgan fingerprint density at radius 2 is 1.95 bits per heavy atom. The number of hydrogen-bond donors (Lipinski definition) is 2. The van der Waals surface area contributed by atoms with Crippen LogP contribution in [0.15, 0.2) is 18.2 Å². The third-order valence-electron chi connectivity index (χ3n) is 2.82. The molecule has 1 aromatic carbocycles. The first-order valence-electron chi connectivity index (χ1n) is 6.46. The van der Waals surface area contributed by atoms with Crippen LogP contribution in [-0.4, -0.2) is 33.9 Å². The maximum atomic E-state index is 11.2. The van der Waals surface area contributed by atoms with E-state index in [0.29, 0.717) is 13.1 Å². The molecule has 0 aliphatic rings. The van der Waals surface area contributed by atoms with Crippen molar-refractivity contribution in [1.82, 2.24) is 10.0 Å². The van der Waals surface area contributed by atoms with Gasteiger partial charge < -0.3 is 10.1 Å². The summed E-state index contributed by atoms with van der Waals surface area (Å²) < 4.78 is 30.3. The van der Waals surface area contributed by atoms with Crippen molar-refractivity contribution in [3.63, 3.8) is 0 Å². The summed E-state index contributed by atoms with van der Waals surface area (Å²) in [6.45, 7) is 6.92. The Morgan fingerprint density at radius 1 is 1.30 bits per heavy atom. The number of nitrogens with one attached hydrogen (secondary N) is 2. The predicted molar refractivity (Wildman–Crippen MR) is 81.5 cm³/mol. The molecule has 0 radical (unpaired) electrons. The summed E-state index contributed by atoms with van der Waals surface area (Å²) >= 11 is 0. The Balaban J connectivity index is 2.54. The normalized spacial score (nSPS) is 12.4. The van der Waals surface area contributed by atoms with Gasteiger partial charge in [0.15, 0.2) is 0 Å². The van der Waals surface area contributed by atoms with Gasteiger partial charge in [0.2, 0.25) is 10.0 Å². The van der Waals surface area contributed by atoms with Crippen LogP contribution >= 0.6 is 0 Å². The minimum absolute atomic E-state index is 0.519. The molecular formula is C14H24N2O3S. The van der Waals surface area contributed by atoms with E-state index in [0.717, 1.165) is 16.9 Å². The summed E-state index contributed by atoms with van der Waals surface area (Å²) in [6, 6.07) is 5.99. The van der Waals surface area contributed by atoms with E-state index in [1.54, 1.807) is 7.11 Å². The van der Waals surface area contributed by atoms with Crippen LogP contribution in [0, 0.1) is 6.92 Å². The van der Waals surface area contributed by atoms with Crippen molar-refractivity contribution < 1.29 is 13.2 Å². The van der Waals surface area contributed by atoms with Crippen LogP contribution in [0.5, 0.6) is 5.75 Å². The van der Waals surface area contributed by atoms with Gasteiger partial charge in [-0.25, -0.2) is 13.1 Å². The third kappa shape index (κ3) is 5.90. The van der Waals surface area contributed by atoms with E-state index in [9.17, 15) is 8.42 Å². The monoisotopic (exact) mass is 300 g/mol. The smallest absolute Gasteiger partial charge is 0.209 e. The lowest BCUT2D eigenvalue weighted by Gasteiger charge is -2.25. The molecule has 114 valence electrons. The molecule has 6 heteroatoms. The second-order valence-corrected chi connectivity index (χ2v) is 7.41. The van der Waals surface area contributed by atoms with Crippen molar-refractivity contribution in [1.29, 1.82) is 0 Å². The van der Waals surface area contributed by atoms with Gasteiger partial charge in [-0.2, -0.15) is 0 Å². The minimum Gasteiger partial charge on any atom is -0.496 e. The second kappa shape index (κ2) is 6.56. The van der Waals surface area contributed by atoms with E-state index in [4.69, 9.17) is 4.74 Å². The first-order chi connectivity index (χ1) is 9.13. The summed E-state index contributed by atoms with van der Waals surface area (Å²) in [7, 11) is -1.55. The molecule has 0 fully saturated rings. The van der Waals surface area contributed by atoms with Crippen LogP contribution in [-0.2, 0) is 16.6 Å². The van der Waals surface area contributed by atoms with Crippen molar-refractivity contribution in [2.75, 3.05) is 19.9 Å². The number of benzene rings is 1. The second-order valence-electron chi connectivity index (χ2n) is 5.67. The van der Waals surface area contributed by atoms with Gasteiger partial charge >= 0.3 is 0 Å². The van der Waals surface area contributed by atoms with Gasteiger partial charge in [0.25, 0.3) is 0 Å². The predicted octanol–water partition coefficient (Wildman–Crippen LogP) is 1.42. The molecule has 5 nitrogen and oxygen atoms in total. The molecule has 2 N–H and O–H groups in total. The van der Waals surface area contributed by atoms with Crippen LogP contribution in [0.25, 0.3) is 0 Å². The number of methoxy groups -OCH3 is 1. The number of rotatable bonds is 7. The lowest BCUT2D eigenvalue weighted by molar-refractivity contribution is 0.410. The molecule has 0 aromatic heterocycles. The molecule has 1 aromatic rings. The van der Waals surface area contributed by atoms with E-state index in [1.165, 1.54) is 6.26 Å². The molecule has 0 aliphatic carbocycles. The van der Waals surface area contributed by atoms with Crippen LogP contribution in [0.3, 0.4) is 0 Å². The fourth-order valence-corrected chi connectivity index (χ4v) is 3.18. The highest BCUT2D eigenvalue weighted by molar-refractivity contribution is 7.88. The Hall–Kier alpha value is -1.11. The molecule has 0 heterocycles. The molecule has 0 aliphatic heterocycles. The maximum absolute atomic E-state index is 11.2. The lowest BCUT2D eigenvalue weighted by atomic mass is 10.1. The van der Waals surface area contributed by atoms with E-state index < -0.39 is 15.6 Å². The maximum Gasteiger partial charge on any atom is 0.209 e. The largest absolute Gasteiger partial charge is 0.496 e. The molecule has 1 rings (SSSR count). The fourth-order valence-electron chi connectivity index (χ4n) is 2.11. The van der Waals surface area contributed by atoms with Gasteiger partial charge in [0, 0.05) is 18.6 Å². The summed E-state index contributed by atoms with van der Waals surface area (Å²) in [5.74, 6) is 0.868. The summed E-state index contributed by atoms with van der Waals surface area (Å²) in [5, 5.41) is 3.26. The highest BCUT2D eigenvalue weighted by Crippen LogP contribution is 2.18. The molecule has 0 atom stereocenters. The third-order valence-corrected chi connectivity index (χ3v) is 3.74. The Bertz CT molecular complexity index is 554. The number of aryl methyl sites for hydroxylation is 1. The van der Waals surface area contributed by atoms with Gasteiger partial charge in [-0.1, -0.05) is 12.1 Å². The molecule has 0 spiro atoms. The zero-order valence-electron chi connectivity index (χ0n) is 12.8. The minimum atomic E-state index is -3.20. The van der Waals surface area contributed by atoms with Crippen LogP contribution < -0.4 is 14.8 Å². The van der Waals surface area contributed by atoms with Crippen molar-refractivity contribution >= 4 is 10.0 Å². The van der Waals surface area contributed by atoms with Gasteiger partial charge in [-0.3, -0.25) is 0 Å². The molecule has 0 unspecified atom stereocenters. The van der Waals surface area contributed by atoms with Crippen LogP contribution in [0.2, 0.25) is 0 Å². The fraction of sp³-hybridized carbons (Fsp3) is 0.571. The van der Waals surface area contributed by atoms with Crippen LogP contribution in [0.4, 0.5) is 0 Å². The molecule has 0 bridgehead atoms. The zero-order chi connectivity index (χ0) is 15.4. The van der Waals surface area contributed by atoms with Crippen molar-refractivity contribution in [3.8, 4) is 5.75 Å². The standard InChI is InChI=1S/C14H24N2O3S/c1-11-8-12(6-7-13(11)19-4)9-15-10-14(2,3)16-20(5,17)18/h6-8,15-16H,9-10H2,1-5H3. The highest BCUT2D eigenvalue weighted by Gasteiger charge is 2.21. The Morgan fingerprint density at radius 3 is 2.45 bits per heavy atom. The van der Waals surface area contributed by atoms with Crippen LogP contribution in [0.1, 0.15) is 25.0 Å². The van der Waals surface area contributed by atoms with Gasteiger partial charge in [0.1, 0.15) is 5.75 Å². The summed E-state index contributed by atoms with van der Waals surface area (Å²) in [4.78, 5) is 0. The zero-order valence-corrected chi connectivity index (χ0v) is 13.6. The average molecular weight is 300 g/mol. The summed E-state index contributed by atoms with van der Waals surface area (Å²) in [6.07, 6.45) is 1.17. The van der Waals surface area contributed by atoms with E-state index >= 15 is 0 Å². The quantitative estimate of drug-likeness (QED) is 0.799. The van der Waals surface area contributed by atoms with E-state index in [1.807, 2.05) is 32.9 Å². The van der Waals surface area contributed by atoms with Crippen molar-refractivity contribution in [2.45, 2.75) is 32.9 Å². The molecule has 0 saturated heterocycles. The molecule has 20 heavy (non-hydrogen) atoms. The first kappa shape index (κ1) is 16.9. The molecule has 0 saturated carbocycles. The van der Waals surface area contributed by atoms with Crippen molar-refractivity contribution in [3.05, 3.63) is 29.3 Å². The van der Waals surface area contributed by atoms with E-state index in [2.05, 4.69) is 16.1 Å². The van der Waals surface area contributed by atoms with Gasteiger partial charge in [-0.15, -0.1) is 0 Å². The Kier molecular flexibility index (Phi) is 5.56. The van der Waals surface area contributed by atoms with E-state index in [-0.39, 0.29) is 0 Å². The van der Waals surface area contributed by atoms with Crippen molar-refractivity contribution in [2.24, 2.45) is 0 Å². The lowest BCUT2D eigenvalue weighted by Crippen LogP contribution is -2.49. The number of sulfonamides is 1. The molecular weight excluding hydrogens is 276 g/mol. The number of ether oxygens (including phenoxy) is 1. The summed E-state index contributed by atoms with van der Waals surface area (Å²) in [5.41, 5.74) is 1.70. The van der Waals surface area contributed by atoms with Gasteiger partial charge in [0.05, 0.1) is 13.4 Å². The Labute approximate surface area is 121 Å². The number of hydrogen-bond acceptors (Lipinski definition) is 4. The highest BCUT2D eigenvalue weighted by atomic mass is 32.2. The topological polar surface area (TPSA) is 67.4 Å². The van der Waals surface area contributed by atoms with Gasteiger partial charge in [-0.05, 0) is 38.0 Å². The SMILES string of the molecule is COc1ccc(CNCC(C)(C)NS(C)(=O)=O)cc1C. The molecule has 0 amide bonds.